The van der Waals surface area contributed by atoms with Crippen molar-refractivity contribution in [2.45, 2.75) is 6.92 Å². The van der Waals surface area contributed by atoms with Crippen LogP contribution in [0.4, 0.5) is 0 Å². The number of hydrogen-bond acceptors (Lipinski definition) is 5. The van der Waals surface area contributed by atoms with E-state index in [0.717, 1.165) is 32.5 Å². The molecule has 0 aliphatic rings. The van der Waals surface area contributed by atoms with E-state index in [1.54, 1.807) is 4.52 Å². The Labute approximate surface area is 153 Å². The van der Waals surface area contributed by atoms with E-state index in [4.69, 9.17) is 0 Å². The Balaban J connectivity index is 1.55. The zero-order valence-electron chi connectivity index (χ0n) is 13.9. The first kappa shape index (κ1) is 15.0. The molecule has 3 heterocycles. The van der Waals surface area contributed by atoms with Gasteiger partial charge in [0.15, 0.2) is 0 Å². The van der Waals surface area contributed by atoms with Crippen LogP contribution in [-0.2, 0) is 0 Å². The largest absolute Gasteiger partial charge is 0.274 e. The third-order valence-electron chi connectivity index (χ3n) is 4.18. The van der Waals surface area contributed by atoms with Crippen molar-refractivity contribution in [2.75, 3.05) is 0 Å². The van der Waals surface area contributed by atoms with E-state index in [9.17, 15) is 0 Å². The van der Waals surface area contributed by atoms with Gasteiger partial charge < -0.3 is 0 Å². The van der Waals surface area contributed by atoms with Gasteiger partial charge in [0, 0.05) is 11.1 Å². The number of nitrogens with one attached hydrogen (secondary N) is 1. The normalized spacial score (nSPS) is 11.3. The van der Waals surface area contributed by atoms with E-state index in [2.05, 4.69) is 56.7 Å². The van der Waals surface area contributed by atoms with Crippen molar-refractivity contribution in [1.82, 2.24) is 30.0 Å². The van der Waals surface area contributed by atoms with Crippen LogP contribution in [0.3, 0.4) is 0 Å². The zero-order chi connectivity index (χ0) is 17.5. The molecule has 0 spiro atoms. The summed E-state index contributed by atoms with van der Waals surface area (Å²) < 4.78 is 1.76. The van der Waals surface area contributed by atoms with Gasteiger partial charge in [0.1, 0.15) is 10.7 Å². The first-order chi connectivity index (χ1) is 12.8. The number of H-pyrrole nitrogens is 1. The second-order valence-electron chi connectivity index (χ2n) is 6.02. The number of aromatic nitrogens is 6. The van der Waals surface area contributed by atoms with Gasteiger partial charge in [-0.05, 0) is 13.0 Å². The Morgan fingerprint density at radius 1 is 0.923 bits per heavy atom. The molecule has 5 rings (SSSR count). The van der Waals surface area contributed by atoms with E-state index in [1.807, 2.05) is 36.4 Å². The molecule has 126 valence electrons. The molecule has 1 N–H and O–H groups in total. The highest BCUT2D eigenvalue weighted by molar-refractivity contribution is 7.19. The molecule has 0 unspecified atom stereocenters. The van der Waals surface area contributed by atoms with Crippen molar-refractivity contribution in [3.05, 3.63) is 66.2 Å². The first-order valence-electron chi connectivity index (χ1n) is 8.18. The van der Waals surface area contributed by atoms with E-state index in [-0.39, 0.29) is 0 Å². The third-order valence-corrected chi connectivity index (χ3v) is 5.13. The van der Waals surface area contributed by atoms with Crippen molar-refractivity contribution in [3.63, 3.8) is 0 Å². The molecule has 0 amide bonds. The smallest absolute Gasteiger partial charge is 0.235 e. The van der Waals surface area contributed by atoms with Gasteiger partial charge in [0.05, 0.1) is 5.69 Å². The van der Waals surface area contributed by atoms with Crippen LogP contribution in [0.1, 0.15) is 5.56 Å². The molecule has 6 nitrogen and oxygen atoms in total. The molecule has 0 fully saturated rings. The van der Waals surface area contributed by atoms with E-state index >= 15 is 0 Å². The lowest BCUT2D eigenvalue weighted by Crippen LogP contribution is -1.91. The molecular weight excluding hydrogens is 344 g/mol. The van der Waals surface area contributed by atoms with Gasteiger partial charge in [0.25, 0.3) is 0 Å². The van der Waals surface area contributed by atoms with Crippen LogP contribution in [0.5, 0.6) is 0 Å². The quantitative estimate of drug-likeness (QED) is 0.524. The van der Waals surface area contributed by atoms with E-state index in [1.165, 1.54) is 16.9 Å². The Hall–Kier alpha value is -3.32. The van der Waals surface area contributed by atoms with Gasteiger partial charge in [-0.2, -0.15) is 14.7 Å². The topological polar surface area (TPSA) is 71.8 Å². The summed E-state index contributed by atoms with van der Waals surface area (Å²) in [7, 11) is 0. The van der Waals surface area contributed by atoms with Gasteiger partial charge in [0.2, 0.25) is 10.8 Å². The maximum atomic E-state index is 4.68. The zero-order valence-corrected chi connectivity index (χ0v) is 14.7. The summed E-state index contributed by atoms with van der Waals surface area (Å²) in [6, 6.07) is 20.3. The number of rotatable bonds is 3. The minimum Gasteiger partial charge on any atom is -0.274 e. The molecule has 0 aliphatic heterocycles. The minimum absolute atomic E-state index is 0.657. The molecule has 0 atom stereocenters. The van der Waals surface area contributed by atoms with Crippen LogP contribution in [-0.4, -0.2) is 30.0 Å². The summed E-state index contributed by atoms with van der Waals surface area (Å²) in [6.45, 7) is 2.07. The Kier molecular flexibility index (Phi) is 3.39. The third kappa shape index (κ3) is 2.49. The highest BCUT2D eigenvalue weighted by Gasteiger charge is 2.16. The molecule has 3 aromatic heterocycles. The standard InChI is InChI=1S/C19H14N6S/c1-12-7-9-13(10-8-12)15-11-16(21-20-15)17-22-23-19-25(17)24-18(26-19)14-5-3-2-4-6-14/h2-11H,1H3,(H,20,21). The lowest BCUT2D eigenvalue weighted by atomic mass is 10.1. The molecule has 7 heteroatoms. The van der Waals surface area contributed by atoms with E-state index < -0.39 is 0 Å². The molecule has 5 aromatic rings. The number of nitrogens with zero attached hydrogens (tertiary/aromatic N) is 5. The van der Waals surface area contributed by atoms with E-state index in [0.29, 0.717) is 5.82 Å². The monoisotopic (exact) mass is 358 g/mol. The average molecular weight is 358 g/mol. The second-order valence-corrected chi connectivity index (χ2v) is 6.98. The average Bonchev–Trinajstić information content (AvgIpc) is 3.38. The Bertz CT molecular complexity index is 1180. The molecule has 0 bridgehead atoms. The Morgan fingerprint density at radius 2 is 1.73 bits per heavy atom. The summed E-state index contributed by atoms with van der Waals surface area (Å²) in [5, 5.41) is 21.6. The van der Waals surface area contributed by atoms with Crippen LogP contribution >= 0.6 is 11.3 Å². The van der Waals surface area contributed by atoms with Crippen LogP contribution in [0.15, 0.2) is 60.7 Å². The minimum atomic E-state index is 0.657. The lowest BCUT2D eigenvalue weighted by Gasteiger charge is -1.96. The van der Waals surface area contributed by atoms with Crippen molar-refractivity contribution < 1.29 is 0 Å². The summed E-state index contributed by atoms with van der Waals surface area (Å²) in [5.74, 6) is 0.657. The fourth-order valence-corrected chi connectivity index (χ4v) is 3.64. The Morgan fingerprint density at radius 3 is 2.54 bits per heavy atom. The number of fused-ring (bicyclic) bond motifs is 1. The lowest BCUT2D eigenvalue weighted by molar-refractivity contribution is 0.955. The maximum Gasteiger partial charge on any atom is 0.235 e. The van der Waals surface area contributed by atoms with Crippen LogP contribution in [0, 0.1) is 6.92 Å². The van der Waals surface area contributed by atoms with Crippen molar-refractivity contribution in [1.29, 1.82) is 0 Å². The van der Waals surface area contributed by atoms with Gasteiger partial charge in [-0.25, -0.2) is 0 Å². The molecule has 0 aliphatic carbocycles. The van der Waals surface area contributed by atoms with Crippen LogP contribution in [0.2, 0.25) is 0 Å². The summed E-state index contributed by atoms with van der Waals surface area (Å²) >= 11 is 1.51. The molecule has 26 heavy (non-hydrogen) atoms. The SMILES string of the molecule is Cc1ccc(-c2cc(-c3nnc4sc(-c5ccccc5)nn34)[nH]n2)cc1. The van der Waals surface area contributed by atoms with Gasteiger partial charge in [-0.3, -0.25) is 5.10 Å². The predicted octanol–water partition coefficient (Wildman–Crippen LogP) is 4.22. The van der Waals surface area contributed by atoms with Crippen molar-refractivity contribution in [2.24, 2.45) is 0 Å². The second kappa shape index (κ2) is 5.89. The highest BCUT2D eigenvalue weighted by atomic mass is 32.1. The fourth-order valence-electron chi connectivity index (χ4n) is 2.79. The number of aryl methyl sites for hydroxylation is 1. The summed E-state index contributed by atoms with van der Waals surface area (Å²) in [4.78, 5) is 0.755. The molecule has 0 saturated heterocycles. The molecule has 0 radical (unpaired) electrons. The molecular formula is C19H14N6S. The van der Waals surface area contributed by atoms with Crippen LogP contribution in [0.25, 0.3) is 38.3 Å². The first-order valence-corrected chi connectivity index (χ1v) is 9.00. The highest BCUT2D eigenvalue weighted by Crippen LogP contribution is 2.28. The molecule has 0 saturated carbocycles. The van der Waals surface area contributed by atoms with Crippen LogP contribution < -0.4 is 0 Å². The maximum absolute atomic E-state index is 4.68. The summed E-state index contributed by atoms with van der Waals surface area (Å²) in [5.41, 5.74) is 5.01. The van der Waals surface area contributed by atoms with Gasteiger partial charge in [-0.1, -0.05) is 71.5 Å². The van der Waals surface area contributed by atoms with Crippen molar-refractivity contribution >= 4 is 16.3 Å². The number of benzene rings is 2. The number of aromatic amines is 1. The van der Waals surface area contributed by atoms with Gasteiger partial charge >= 0.3 is 0 Å². The number of hydrogen-bond donors (Lipinski definition) is 1. The predicted molar refractivity (Wildman–Crippen MR) is 102 cm³/mol. The van der Waals surface area contributed by atoms with Crippen molar-refractivity contribution in [3.8, 4) is 33.3 Å². The fraction of sp³-hybridized carbons (Fsp3) is 0.0526. The van der Waals surface area contributed by atoms with Gasteiger partial charge in [-0.15, -0.1) is 10.2 Å². The molecule has 2 aromatic carbocycles. The summed E-state index contributed by atoms with van der Waals surface area (Å²) in [6.07, 6.45) is 0.